The van der Waals surface area contributed by atoms with E-state index >= 15 is 0 Å². The fourth-order valence-corrected chi connectivity index (χ4v) is 1.38. The molecule has 0 saturated carbocycles. The Hall–Kier alpha value is -1.83. The summed E-state index contributed by atoms with van der Waals surface area (Å²) in [6, 6.07) is 0.232. The van der Waals surface area contributed by atoms with Crippen LogP contribution in [0.4, 0.5) is 13.2 Å². The molecule has 0 atom stereocenters. The Bertz CT molecular complexity index is 582. The van der Waals surface area contributed by atoms with E-state index in [0.717, 1.165) is 6.20 Å². The fourth-order valence-electron chi connectivity index (χ4n) is 1.38. The smallest absolute Gasteiger partial charge is 0.308 e. The Morgan fingerprint density at radius 2 is 1.84 bits per heavy atom. The van der Waals surface area contributed by atoms with Crippen LogP contribution in [0.3, 0.4) is 0 Å². The molecule has 0 aromatic carbocycles. The normalized spacial score (nSPS) is 12.3. The Morgan fingerprint density at radius 3 is 2.47 bits per heavy atom. The molecule has 0 spiro atoms. The zero-order valence-electron chi connectivity index (χ0n) is 10.4. The van der Waals surface area contributed by atoms with Gasteiger partial charge in [-0.3, -0.25) is 0 Å². The first-order chi connectivity index (χ1) is 8.86. The molecule has 2 aromatic heterocycles. The summed E-state index contributed by atoms with van der Waals surface area (Å²) in [5.74, 6) is -0.797. The first-order valence-corrected chi connectivity index (χ1v) is 5.65. The van der Waals surface area contributed by atoms with Gasteiger partial charge in [0.1, 0.15) is 5.82 Å². The van der Waals surface area contributed by atoms with Crippen LogP contribution in [-0.2, 0) is 12.7 Å². The molecule has 2 heterocycles. The lowest BCUT2D eigenvalue weighted by atomic mass is 10.3. The number of hydrogen-bond acceptors (Lipinski definition) is 5. The summed E-state index contributed by atoms with van der Waals surface area (Å²) < 4.78 is 37.5. The fraction of sp³-hybridized carbons (Fsp3) is 0.455. The second-order valence-corrected chi connectivity index (χ2v) is 4.29. The molecule has 0 amide bonds. The van der Waals surface area contributed by atoms with Crippen molar-refractivity contribution < 1.29 is 13.2 Å². The molecule has 2 aromatic rings. The van der Waals surface area contributed by atoms with Gasteiger partial charge in [-0.1, -0.05) is 13.8 Å². The SMILES string of the molecule is CC(C)NCc1ncc2cnc(C(F)(F)F)nc2n1. The lowest BCUT2D eigenvalue weighted by Gasteiger charge is -2.08. The van der Waals surface area contributed by atoms with Crippen molar-refractivity contribution in [3.8, 4) is 0 Å². The van der Waals surface area contributed by atoms with E-state index in [1.54, 1.807) is 0 Å². The van der Waals surface area contributed by atoms with Crippen LogP contribution in [0.1, 0.15) is 25.5 Å². The Labute approximate surface area is 107 Å². The van der Waals surface area contributed by atoms with E-state index in [0.29, 0.717) is 17.8 Å². The molecular formula is C11H12F3N5. The summed E-state index contributed by atoms with van der Waals surface area (Å²) in [7, 11) is 0. The van der Waals surface area contributed by atoms with Gasteiger partial charge in [-0.15, -0.1) is 0 Å². The second-order valence-electron chi connectivity index (χ2n) is 4.29. The van der Waals surface area contributed by atoms with Crippen molar-refractivity contribution >= 4 is 11.0 Å². The summed E-state index contributed by atoms with van der Waals surface area (Å²) in [6.45, 7) is 4.27. The van der Waals surface area contributed by atoms with E-state index in [1.807, 2.05) is 13.8 Å². The largest absolute Gasteiger partial charge is 0.451 e. The van der Waals surface area contributed by atoms with E-state index in [2.05, 4.69) is 25.3 Å². The van der Waals surface area contributed by atoms with Crippen LogP contribution in [0, 0.1) is 0 Å². The third kappa shape index (κ3) is 3.34. The van der Waals surface area contributed by atoms with Crippen molar-refractivity contribution in [2.24, 2.45) is 0 Å². The van der Waals surface area contributed by atoms with Crippen molar-refractivity contribution in [2.45, 2.75) is 32.6 Å². The third-order valence-electron chi connectivity index (χ3n) is 2.31. The summed E-state index contributed by atoms with van der Waals surface area (Å²) in [5.41, 5.74) is -0.00196. The zero-order chi connectivity index (χ0) is 14.0. The lowest BCUT2D eigenvalue weighted by Crippen LogP contribution is -2.23. The Morgan fingerprint density at radius 1 is 1.16 bits per heavy atom. The number of hydrogen-bond donors (Lipinski definition) is 1. The van der Waals surface area contributed by atoms with Crippen molar-refractivity contribution in [1.82, 2.24) is 25.3 Å². The molecule has 0 aliphatic carbocycles. The number of aromatic nitrogens is 4. The highest BCUT2D eigenvalue weighted by Gasteiger charge is 2.34. The first-order valence-electron chi connectivity index (χ1n) is 5.65. The predicted octanol–water partition coefficient (Wildman–Crippen LogP) is 1.94. The molecule has 0 radical (unpaired) electrons. The van der Waals surface area contributed by atoms with E-state index < -0.39 is 12.0 Å². The molecule has 0 aliphatic heterocycles. The summed E-state index contributed by atoms with van der Waals surface area (Å²) in [4.78, 5) is 14.7. The molecule has 0 fully saturated rings. The lowest BCUT2D eigenvalue weighted by molar-refractivity contribution is -0.144. The van der Waals surface area contributed by atoms with Crippen LogP contribution >= 0.6 is 0 Å². The topological polar surface area (TPSA) is 63.6 Å². The zero-order valence-corrected chi connectivity index (χ0v) is 10.4. The van der Waals surface area contributed by atoms with Gasteiger partial charge in [-0.25, -0.2) is 19.9 Å². The van der Waals surface area contributed by atoms with Gasteiger partial charge in [-0.2, -0.15) is 13.2 Å². The van der Waals surface area contributed by atoms with Crippen molar-refractivity contribution in [3.63, 3.8) is 0 Å². The van der Waals surface area contributed by atoms with E-state index in [-0.39, 0.29) is 11.7 Å². The van der Waals surface area contributed by atoms with Crippen LogP contribution in [0.15, 0.2) is 12.4 Å². The highest BCUT2D eigenvalue weighted by molar-refractivity contribution is 5.72. The predicted molar refractivity (Wildman–Crippen MR) is 62.1 cm³/mol. The Balaban J connectivity index is 2.34. The van der Waals surface area contributed by atoms with E-state index in [1.165, 1.54) is 6.20 Å². The highest BCUT2D eigenvalue weighted by Crippen LogP contribution is 2.26. The summed E-state index contributed by atoms with van der Waals surface area (Å²) in [5, 5.41) is 3.46. The maximum Gasteiger partial charge on any atom is 0.451 e. The van der Waals surface area contributed by atoms with Gasteiger partial charge in [0.15, 0.2) is 5.65 Å². The molecule has 8 heteroatoms. The van der Waals surface area contributed by atoms with Crippen molar-refractivity contribution in [1.29, 1.82) is 0 Å². The molecule has 0 saturated heterocycles. The minimum Gasteiger partial charge on any atom is -0.308 e. The average Bonchev–Trinajstić information content (AvgIpc) is 2.34. The van der Waals surface area contributed by atoms with Gasteiger partial charge in [0.2, 0.25) is 5.82 Å². The van der Waals surface area contributed by atoms with E-state index in [9.17, 15) is 13.2 Å². The molecule has 102 valence electrons. The van der Waals surface area contributed by atoms with Gasteiger partial charge >= 0.3 is 6.18 Å². The number of alkyl halides is 3. The average molecular weight is 271 g/mol. The molecule has 0 aliphatic rings. The first kappa shape index (κ1) is 13.6. The number of nitrogens with one attached hydrogen (secondary N) is 1. The van der Waals surface area contributed by atoms with Gasteiger partial charge in [0, 0.05) is 18.4 Å². The quantitative estimate of drug-likeness (QED) is 0.924. The Kier molecular flexibility index (Phi) is 3.61. The number of fused-ring (bicyclic) bond motifs is 1. The molecule has 0 unspecified atom stereocenters. The van der Waals surface area contributed by atoms with Gasteiger partial charge in [0.25, 0.3) is 0 Å². The molecule has 19 heavy (non-hydrogen) atoms. The molecule has 2 rings (SSSR count). The molecular weight excluding hydrogens is 259 g/mol. The number of halogens is 3. The van der Waals surface area contributed by atoms with Crippen LogP contribution in [0.2, 0.25) is 0 Å². The minimum atomic E-state index is -4.57. The summed E-state index contributed by atoms with van der Waals surface area (Å²) in [6.07, 6.45) is -2.08. The van der Waals surface area contributed by atoms with E-state index in [4.69, 9.17) is 0 Å². The third-order valence-corrected chi connectivity index (χ3v) is 2.31. The van der Waals surface area contributed by atoms with Crippen LogP contribution in [0.5, 0.6) is 0 Å². The van der Waals surface area contributed by atoms with Gasteiger partial charge in [-0.05, 0) is 0 Å². The van der Waals surface area contributed by atoms with Gasteiger partial charge in [0.05, 0.1) is 11.9 Å². The standard InChI is InChI=1S/C11H12F3N5/c1-6(2)15-5-8-16-3-7-4-17-10(11(12,13)14)19-9(7)18-8/h3-4,6,15H,5H2,1-2H3. The van der Waals surface area contributed by atoms with Crippen LogP contribution in [0.25, 0.3) is 11.0 Å². The van der Waals surface area contributed by atoms with Crippen molar-refractivity contribution in [3.05, 3.63) is 24.0 Å². The number of rotatable bonds is 3. The minimum absolute atomic E-state index is 0.00196. The van der Waals surface area contributed by atoms with Crippen LogP contribution in [-0.4, -0.2) is 26.0 Å². The molecule has 1 N–H and O–H groups in total. The van der Waals surface area contributed by atoms with Crippen LogP contribution < -0.4 is 5.32 Å². The van der Waals surface area contributed by atoms with Gasteiger partial charge < -0.3 is 5.32 Å². The molecule has 5 nitrogen and oxygen atoms in total. The monoisotopic (exact) mass is 271 g/mol. The summed E-state index contributed by atoms with van der Waals surface area (Å²) >= 11 is 0. The maximum absolute atomic E-state index is 12.5. The number of nitrogens with zero attached hydrogens (tertiary/aromatic N) is 4. The van der Waals surface area contributed by atoms with Crippen molar-refractivity contribution in [2.75, 3.05) is 0 Å². The molecule has 0 bridgehead atoms. The maximum atomic E-state index is 12.5. The second kappa shape index (κ2) is 5.04. The highest BCUT2D eigenvalue weighted by atomic mass is 19.4.